The van der Waals surface area contributed by atoms with Gasteiger partial charge in [-0.2, -0.15) is 0 Å². The lowest BCUT2D eigenvalue weighted by Gasteiger charge is -2.18. The fourth-order valence-electron chi connectivity index (χ4n) is 1.81. The summed E-state index contributed by atoms with van der Waals surface area (Å²) in [6.07, 6.45) is 3.21. The first-order valence-electron chi connectivity index (χ1n) is 5.71. The lowest BCUT2D eigenvalue weighted by atomic mass is 10.00. The van der Waals surface area contributed by atoms with Crippen LogP contribution in [0.25, 0.3) is 0 Å². The molecule has 1 rings (SSSR count). The minimum Gasteiger partial charge on any atom is -0.496 e. The third kappa shape index (κ3) is 2.89. The summed E-state index contributed by atoms with van der Waals surface area (Å²) in [4.78, 5) is 0. The zero-order chi connectivity index (χ0) is 12.0. The van der Waals surface area contributed by atoms with Crippen LogP contribution in [0.3, 0.4) is 0 Å². The average Bonchev–Trinajstić information content (AvgIpc) is 2.34. The fourth-order valence-corrected chi connectivity index (χ4v) is 1.81. The van der Waals surface area contributed by atoms with Gasteiger partial charge in [0.05, 0.1) is 19.8 Å². The lowest BCUT2D eigenvalue weighted by molar-refractivity contribution is 0.376. The predicted molar refractivity (Wildman–Crippen MR) is 66.0 cm³/mol. The Morgan fingerprint density at radius 3 is 2.19 bits per heavy atom. The summed E-state index contributed by atoms with van der Waals surface area (Å²) in [6.45, 7) is 2.16. The molecule has 0 radical (unpaired) electrons. The molecule has 0 aliphatic heterocycles. The van der Waals surface area contributed by atoms with Gasteiger partial charge in [-0.15, -0.1) is 0 Å². The van der Waals surface area contributed by atoms with Gasteiger partial charge in [-0.25, -0.2) is 0 Å². The van der Waals surface area contributed by atoms with Crippen molar-refractivity contribution < 1.29 is 9.47 Å². The molecule has 0 fully saturated rings. The second kappa shape index (κ2) is 6.38. The van der Waals surface area contributed by atoms with Crippen LogP contribution in [-0.4, -0.2) is 14.2 Å². The Balaban J connectivity index is 2.97. The molecule has 0 aromatic heterocycles. The second-order valence-corrected chi connectivity index (χ2v) is 3.82. The van der Waals surface area contributed by atoms with Gasteiger partial charge in [-0.1, -0.05) is 25.8 Å². The Hall–Kier alpha value is -1.22. The van der Waals surface area contributed by atoms with Crippen molar-refractivity contribution in [3.8, 4) is 11.5 Å². The third-order valence-electron chi connectivity index (χ3n) is 2.71. The summed E-state index contributed by atoms with van der Waals surface area (Å²) in [5.74, 6) is 1.62. The van der Waals surface area contributed by atoms with Crippen LogP contribution in [0.5, 0.6) is 11.5 Å². The number of hydrogen-bond acceptors (Lipinski definition) is 3. The van der Waals surface area contributed by atoms with E-state index < -0.39 is 0 Å². The number of ether oxygens (including phenoxy) is 2. The number of rotatable bonds is 6. The van der Waals surface area contributed by atoms with Crippen molar-refractivity contribution in [1.29, 1.82) is 0 Å². The van der Waals surface area contributed by atoms with E-state index in [1.807, 2.05) is 18.2 Å². The number of methoxy groups -OCH3 is 2. The van der Waals surface area contributed by atoms with Gasteiger partial charge in [0.2, 0.25) is 0 Å². The first kappa shape index (κ1) is 12.8. The molecule has 0 heterocycles. The van der Waals surface area contributed by atoms with Gasteiger partial charge in [0.25, 0.3) is 0 Å². The van der Waals surface area contributed by atoms with E-state index in [1.54, 1.807) is 14.2 Å². The van der Waals surface area contributed by atoms with E-state index >= 15 is 0 Å². The Morgan fingerprint density at radius 1 is 1.19 bits per heavy atom. The van der Waals surface area contributed by atoms with Crippen molar-refractivity contribution in [2.24, 2.45) is 5.73 Å². The molecule has 0 saturated carbocycles. The van der Waals surface area contributed by atoms with Gasteiger partial charge in [0.15, 0.2) is 0 Å². The average molecular weight is 223 g/mol. The van der Waals surface area contributed by atoms with Gasteiger partial charge in [0, 0.05) is 6.04 Å². The third-order valence-corrected chi connectivity index (χ3v) is 2.71. The fraction of sp³-hybridized carbons (Fsp3) is 0.538. The second-order valence-electron chi connectivity index (χ2n) is 3.82. The van der Waals surface area contributed by atoms with Crippen LogP contribution in [0.4, 0.5) is 0 Å². The van der Waals surface area contributed by atoms with E-state index in [1.165, 1.54) is 0 Å². The molecule has 0 aliphatic carbocycles. The maximum atomic E-state index is 6.17. The molecule has 3 heteroatoms. The van der Waals surface area contributed by atoms with Gasteiger partial charge < -0.3 is 15.2 Å². The van der Waals surface area contributed by atoms with Crippen LogP contribution in [0.2, 0.25) is 0 Å². The van der Waals surface area contributed by atoms with E-state index in [0.717, 1.165) is 36.3 Å². The van der Waals surface area contributed by atoms with Crippen LogP contribution in [0.15, 0.2) is 18.2 Å². The van der Waals surface area contributed by atoms with E-state index in [4.69, 9.17) is 15.2 Å². The molecule has 1 aromatic carbocycles. The topological polar surface area (TPSA) is 44.5 Å². The predicted octanol–water partition coefficient (Wildman–Crippen LogP) is 2.89. The maximum Gasteiger partial charge on any atom is 0.127 e. The van der Waals surface area contributed by atoms with E-state index in [-0.39, 0.29) is 6.04 Å². The molecular weight excluding hydrogens is 202 g/mol. The molecular formula is C13H21NO2. The summed E-state index contributed by atoms with van der Waals surface area (Å²) in [5.41, 5.74) is 7.15. The minimum absolute atomic E-state index is 0.0222. The number of unbranched alkanes of at least 4 members (excludes halogenated alkanes) is 1. The van der Waals surface area contributed by atoms with Gasteiger partial charge in [-0.05, 0) is 18.6 Å². The summed E-state index contributed by atoms with van der Waals surface area (Å²) in [7, 11) is 3.32. The Bertz CT molecular complexity index is 303. The Kier molecular flexibility index (Phi) is 5.12. The molecule has 1 aromatic rings. The largest absolute Gasteiger partial charge is 0.496 e. The number of hydrogen-bond donors (Lipinski definition) is 1. The van der Waals surface area contributed by atoms with Crippen LogP contribution in [0.1, 0.15) is 37.8 Å². The summed E-state index contributed by atoms with van der Waals surface area (Å²) in [5, 5.41) is 0. The van der Waals surface area contributed by atoms with Gasteiger partial charge >= 0.3 is 0 Å². The quantitative estimate of drug-likeness (QED) is 0.806. The monoisotopic (exact) mass is 223 g/mol. The highest BCUT2D eigenvalue weighted by molar-refractivity contribution is 5.46. The molecule has 0 unspecified atom stereocenters. The summed E-state index contributed by atoms with van der Waals surface area (Å²) >= 11 is 0. The van der Waals surface area contributed by atoms with E-state index in [0.29, 0.717) is 0 Å². The van der Waals surface area contributed by atoms with Crippen molar-refractivity contribution >= 4 is 0 Å². The van der Waals surface area contributed by atoms with Crippen molar-refractivity contribution in [2.75, 3.05) is 14.2 Å². The Labute approximate surface area is 97.6 Å². The molecule has 90 valence electrons. The number of benzene rings is 1. The lowest BCUT2D eigenvalue weighted by Crippen LogP contribution is -2.12. The van der Waals surface area contributed by atoms with Gasteiger partial charge in [0.1, 0.15) is 11.5 Å². The molecule has 0 saturated heterocycles. The highest BCUT2D eigenvalue weighted by Crippen LogP contribution is 2.34. The minimum atomic E-state index is -0.0222. The van der Waals surface area contributed by atoms with E-state index in [2.05, 4.69) is 6.92 Å². The zero-order valence-electron chi connectivity index (χ0n) is 10.3. The molecule has 2 N–H and O–H groups in total. The molecule has 0 bridgehead atoms. The van der Waals surface area contributed by atoms with Crippen molar-refractivity contribution in [3.63, 3.8) is 0 Å². The first-order valence-corrected chi connectivity index (χ1v) is 5.71. The van der Waals surface area contributed by atoms with Gasteiger partial charge in [-0.3, -0.25) is 0 Å². The van der Waals surface area contributed by atoms with Crippen LogP contribution in [0, 0.1) is 0 Å². The first-order chi connectivity index (χ1) is 7.74. The normalized spacial score (nSPS) is 12.2. The Morgan fingerprint density at radius 2 is 1.75 bits per heavy atom. The smallest absolute Gasteiger partial charge is 0.127 e. The molecule has 0 amide bonds. The SMILES string of the molecule is CCCC[C@@H](N)c1c(OC)cccc1OC. The maximum absolute atomic E-state index is 6.17. The van der Waals surface area contributed by atoms with Crippen molar-refractivity contribution in [2.45, 2.75) is 32.2 Å². The van der Waals surface area contributed by atoms with Crippen LogP contribution < -0.4 is 15.2 Å². The molecule has 0 aliphatic rings. The molecule has 3 nitrogen and oxygen atoms in total. The molecule has 16 heavy (non-hydrogen) atoms. The highest BCUT2D eigenvalue weighted by Gasteiger charge is 2.16. The van der Waals surface area contributed by atoms with Crippen molar-refractivity contribution in [1.82, 2.24) is 0 Å². The highest BCUT2D eigenvalue weighted by atomic mass is 16.5. The molecule has 1 atom stereocenters. The standard InChI is InChI=1S/C13H21NO2/c1-4-5-7-10(14)13-11(15-2)8-6-9-12(13)16-3/h6,8-10H,4-5,7,14H2,1-3H3/t10-/m1/s1. The zero-order valence-corrected chi connectivity index (χ0v) is 10.3. The van der Waals surface area contributed by atoms with Crippen molar-refractivity contribution in [3.05, 3.63) is 23.8 Å². The molecule has 0 spiro atoms. The summed E-state index contributed by atoms with van der Waals surface area (Å²) in [6, 6.07) is 5.73. The summed E-state index contributed by atoms with van der Waals surface area (Å²) < 4.78 is 10.7. The van der Waals surface area contributed by atoms with E-state index in [9.17, 15) is 0 Å². The van der Waals surface area contributed by atoms with Crippen LogP contribution >= 0.6 is 0 Å². The van der Waals surface area contributed by atoms with Crippen LogP contribution in [-0.2, 0) is 0 Å². The number of nitrogens with two attached hydrogens (primary N) is 1.